The third-order valence-corrected chi connectivity index (χ3v) is 5.13. The first kappa shape index (κ1) is 14.7. The zero-order chi connectivity index (χ0) is 17.7. The van der Waals surface area contributed by atoms with Gasteiger partial charge in [0.15, 0.2) is 0 Å². The highest BCUT2D eigenvalue weighted by Crippen LogP contribution is 2.56. The van der Waals surface area contributed by atoms with Crippen LogP contribution in [0.4, 0.5) is 17.6 Å². The molecule has 126 valence electrons. The third kappa shape index (κ3) is 1.45. The highest BCUT2D eigenvalue weighted by Gasteiger charge is 2.64. The number of pyridine rings is 1. The van der Waals surface area contributed by atoms with E-state index in [1.165, 1.54) is 17.4 Å². The molecule has 0 saturated carbocycles. The predicted molar refractivity (Wildman–Crippen MR) is 87.5 cm³/mol. The molecule has 0 N–H and O–H groups in total. The van der Waals surface area contributed by atoms with E-state index < -0.39 is 23.1 Å². The topological polar surface area (TPSA) is 17.3 Å². The average molecular weight is 344 g/mol. The largest absolute Gasteiger partial charge is 0.356 e. The summed E-state index contributed by atoms with van der Waals surface area (Å²) in [6.07, 6.45) is 0. The van der Waals surface area contributed by atoms with Gasteiger partial charge in [-0.05, 0) is 24.8 Å². The Morgan fingerprint density at radius 2 is 1.56 bits per heavy atom. The molecule has 1 aliphatic heterocycles. The average Bonchev–Trinajstić information content (AvgIpc) is 2.91. The monoisotopic (exact) mass is 344 g/mol. The van der Waals surface area contributed by atoms with Crippen LogP contribution in [0.2, 0.25) is 0 Å². The number of hydrogen-bond donors (Lipinski definition) is 0. The van der Waals surface area contributed by atoms with Crippen LogP contribution in [0.1, 0.15) is 22.5 Å². The van der Waals surface area contributed by atoms with Crippen molar-refractivity contribution in [3.63, 3.8) is 0 Å². The lowest BCUT2D eigenvalue weighted by Crippen LogP contribution is -2.40. The summed E-state index contributed by atoms with van der Waals surface area (Å²) in [4.78, 5) is 4.24. The Hall–Kier alpha value is -2.63. The van der Waals surface area contributed by atoms with Crippen LogP contribution in [0.3, 0.4) is 0 Å². The Labute approximate surface area is 139 Å². The SMILES string of the molecule is Cc1nc2c3ccccc3c3c(C)ccc4c3n2c1C(F)(F)C4(F)F. The van der Waals surface area contributed by atoms with Gasteiger partial charge in [-0.25, -0.2) is 4.98 Å². The number of aromatic nitrogens is 2. The summed E-state index contributed by atoms with van der Waals surface area (Å²) in [5.41, 5.74) is -0.275. The fourth-order valence-corrected chi connectivity index (χ4v) is 4.03. The van der Waals surface area contributed by atoms with Crippen LogP contribution in [0.15, 0.2) is 36.4 Å². The van der Waals surface area contributed by atoms with Crippen LogP contribution in [-0.4, -0.2) is 9.38 Å². The first-order valence-corrected chi connectivity index (χ1v) is 7.86. The van der Waals surface area contributed by atoms with E-state index in [4.69, 9.17) is 0 Å². The normalized spacial score (nSPS) is 17.8. The van der Waals surface area contributed by atoms with E-state index in [0.29, 0.717) is 10.8 Å². The maximum absolute atomic E-state index is 14.8. The first-order chi connectivity index (χ1) is 11.8. The zero-order valence-corrected chi connectivity index (χ0v) is 13.4. The van der Waals surface area contributed by atoms with Gasteiger partial charge in [-0.2, -0.15) is 17.6 Å². The van der Waals surface area contributed by atoms with Crippen LogP contribution in [-0.2, 0) is 11.8 Å². The predicted octanol–water partition coefficient (Wildman–Crippen LogP) is 5.45. The van der Waals surface area contributed by atoms with Crippen molar-refractivity contribution in [1.29, 1.82) is 0 Å². The van der Waals surface area contributed by atoms with Crippen LogP contribution in [0, 0.1) is 13.8 Å². The van der Waals surface area contributed by atoms with Crippen LogP contribution in [0.25, 0.3) is 27.3 Å². The van der Waals surface area contributed by atoms with E-state index >= 15 is 0 Å². The van der Waals surface area contributed by atoms with Gasteiger partial charge in [-0.3, -0.25) is 4.40 Å². The minimum absolute atomic E-state index is 0.0746. The summed E-state index contributed by atoms with van der Waals surface area (Å²) in [7, 11) is 0. The van der Waals surface area contributed by atoms with Crippen LogP contribution < -0.4 is 0 Å². The number of imidazole rings is 1. The second-order valence-electron chi connectivity index (χ2n) is 6.55. The second kappa shape index (κ2) is 4.12. The minimum Gasteiger partial charge on any atom is -0.289 e. The fraction of sp³-hybridized carbons (Fsp3) is 0.211. The molecule has 0 atom stereocenters. The highest BCUT2D eigenvalue weighted by atomic mass is 19.3. The Balaban J connectivity index is 2.26. The molecular formula is C19H12F4N2. The van der Waals surface area contributed by atoms with Crippen LogP contribution in [0.5, 0.6) is 0 Å². The molecule has 5 rings (SSSR count). The molecule has 0 fully saturated rings. The number of benzene rings is 2. The maximum Gasteiger partial charge on any atom is 0.356 e. The summed E-state index contributed by atoms with van der Waals surface area (Å²) in [6.45, 7) is 3.15. The molecule has 0 bridgehead atoms. The van der Waals surface area contributed by atoms with E-state index in [0.717, 1.165) is 17.0 Å². The smallest absolute Gasteiger partial charge is 0.289 e. The molecule has 6 heteroatoms. The highest BCUT2D eigenvalue weighted by molar-refractivity contribution is 6.14. The molecule has 3 heterocycles. The molecular weight excluding hydrogens is 332 g/mol. The molecule has 2 nitrogen and oxygen atoms in total. The molecule has 0 amide bonds. The lowest BCUT2D eigenvalue weighted by Gasteiger charge is -2.33. The van der Waals surface area contributed by atoms with Crippen molar-refractivity contribution in [3.8, 4) is 0 Å². The number of fused-ring (bicyclic) bond motifs is 3. The van der Waals surface area contributed by atoms with Gasteiger partial charge in [0.1, 0.15) is 11.3 Å². The van der Waals surface area contributed by atoms with Crippen molar-refractivity contribution in [3.05, 3.63) is 58.9 Å². The summed E-state index contributed by atoms with van der Waals surface area (Å²) < 4.78 is 60.3. The van der Waals surface area contributed by atoms with Crippen molar-refractivity contribution in [2.45, 2.75) is 25.7 Å². The van der Waals surface area contributed by atoms with E-state index in [1.807, 2.05) is 6.07 Å². The van der Waals surface area contributed by atoms with Crippen LogP contribution >= 0.6 is 0 Å². The molecule has 0 spiro atoms. The van der Waals surface area contributed by atoms with Gasteiger partial charge in [0, 0.05) is 10.8 Å². The number of hydrogen-bond acceptors (Lipinski definition) is 1. The molecule has 0 radical (unpaired) electrons. The molecule has 4 aromatic rings. The molecule has 2 aromatic heterocycles. The lowest BCUT2D eigenvalue weighted by atomic mass is 9.89. The van der Waals surface area contributed by atoms with Gasteiger partial charge in [-0.1, -0.05) is 36.4 Å². The minimum atomic E-state index is -4.33. The van der Waals surface area contributed by atoms with Gasteiger partial charge >= 0.3 is 11.8 Å². The van der Waals surface area contributed by atoms with Gasteiger partial charge in [0.25, 0.3) is 0 Å². The molecule has 0 aliphatic carbocycles. The summed E-state index contributed by atoms with van der Waals surface area (Å²) in [6, 6.07) is 9.78. The van der Waals surface area contributed by atoms with E-state index in [-0.39, 0.29) is 16.9 Å². The molecule has 25 heavy (non-hydrogen) atoms. The number of aryl methyl sites for hydroxylation is 2. The van der Waals surface area contributed by atoms with Crippen molar-refractivity contribution in [2.24, 2.45) is 0 Å². The molecule has 0 saturated heterocycles. The lowest BCUT2D eigenvalue weighted by molar-refractivity contribution is -0.228. The molecule has 0 unspecified atom stereocenters. The number of rotatable bonds is 0. The number of halogens is 4. The Kier molecular flexibility index (Phi) is 2.42. The first-order valence-electron chi connectivity index (χ1n) is 7.86. The fourth-order valence-electron chi connectivity index (χ4n) is 4.03. The van der Waals surface area contributed by atoms with Crippen molar-refractivity contribution < 1.29 is 17.6 Å². The quantitative estimate of drug-likeness (QED) is 0.306. The van der Waals surface area contributed by atoms with Crippen molar-refractivity contribution in [2.75, 3.05) is 0 Å². The second-order valence-corrected chi connectivity index (χ2v) is 6.55. The third-order valence-electron chi connectivity index (χ3n) is 5.13. The van der Waals surface area contributed by atoms with Gasteiger partial charge < -0.3 is 0 Å². The van der Waals surface area contributed by atoms with Gasteiger partial charge in [0.05, 0.1) is 16.8 Å². The van der Waals surface area contributed by atoms with Gasteiger partial charge in [0.2, 0.25) is 0 Å². The molecule has 1 aliphatic rings. The Bertz CT molecular complexity index is 1220. The Morgan fingerprint density at radius 1 is 0.880 bits per heavy atom. The maximum atomic E-state index is 14.8. The molecule has 2 aromatic carbocycles. The van der Waals surface area contributed by atoms with Crippen molar-refractivity contribution >= 4 is 27.3 Å². The summed E-state index contributed by atoms with van der Waals surface area (Å²) >= 11 is 0. The zero-order valence-electron chi connectivity index (χ0n) is 13.4. The van der Waals surface area contributed by atoms with Crippen molar-refractivity contribution in [1.82, 2.24) is 9.38 Å². The Morgan fingerprint density at radius 3 is 2.28 bits per heavy atom. The van der Waals surface area contributed by atoms with Gasteiger partial charge in [-0.15, -0.1) is 0 Å². The summed E-state index contributed by atoms with van der Waals surface area (Å²) in [5.74, 6) is -8.62. The van der Waals surface area contributed by atoms with E-state index in [9.17, 15) is 17.6 Å². The summed E-state index contributed by atoms with van der Waals surface area (Å²) in [5, 5.41) is 1.97. The van der Waals surface area contributed by atoms with E-state index in [2.05, 4.69) is 4.98 Å². The number of nitrogens with zero attached hydrogens (tertiary/aromatic N) is 2. The number of alkyl halides is 4. The van der Waals surface area contributed by atoms with E-state index in [1.54, 1.807) is 25.1 Å². The standard InChI is InChI=1S/C19H12F4N2/c1-9-7-8-13-15-14(9)11-5-3-4-6-12(11)17-24-10(2)16(25(15)17)19(22,23)18(13,20)21/h3-8H,1-2H3.